The molecule has 0 aliphatic carbocycles. The molecule has 1 N–H and O–H groups in total. The van der Waals surface area contributed by atoms with Crippen molar-refractivity contribution in [3.05, 3.63) is 40.7 Å². The maximum Gasteiger partial charge on any atom is 0.208 e. The number of aromatic nitrogens is 5. The number of H-pyrrole nitrogens is 1. The van der Waals surface area contributed by atoms with Crippen molar-refractivity contribution in [2.24, 2.45) is 0 Å². The van der Waals surface area contributed by atoms with Crippen molar-refractivity contribution in [1.82, 2.24) is 24.9 Å². The largest absolute Gasteiger partial charge is 0.360 e. The predicted molar refractivity (Wildman–Crippen MR) is 95.5 cm³/mol. The molecule has 0 bridgehead atoms. The zero-order valence-corrected chi connectivity index (χ0v) is 15.6. The molecule has 0 radical (unpaired) electrons. The fraction of sp³-hybridized carbons (Fsp3) is 0.412. The van der Waals surface area contributed by atoms with E-state index in [1.807, 2.05) is 37.5 Å². The van der Waals surface area contributed by atoms with Crippen molar-refractivity contribution in [3.63, 3.8) is 0 Å². The first kappa shape index (κ1) is 17.5. The minimum absolute atomic E-state index is 0.0476. The van der Waals surface area contributed by atoms with Gasteiger partial charge in [-0.25, -0.2) is 4.98 Å². The smallest absolute Gasteiger partial charge is 0.208 e. The average Bonchev–Trinajstić information content (AvgIpc) is 3.26. The number of carbonyl (C=O) groups is 1. The second-order valence-corrected chi connectivity index (χ2v) is 6.89. The summed E-state index contributed by atoms with van der Waals surface area (Å²) in [6.45, 7) is 7.80. The van der Waals surface area contributed by atoms with Crippen LogP contribution in [0.25, 0.3) is 5.82 Å². The molecule has 0 aromatic carbocycles. The van der Waals surface area contributed by atoms with Gasteiger partial charge in [0.2, 0.25) is 5.16 Å². The van der Waals surface area contributed by atoms with Crippen LogP contribution in [-0.2, 0) is 6.42 Å². The molecule has 132 valence electrons. The Balaban J connectivity index is 1.74. The summed E-state index contributed by atoms with van der Waals surface area (Å²) in [6, 6.07) is 3.74. The van der Waals surface area contributed by atoms with E-state index in [1.165, 1.54) is 11.8 Å². The van der Waals surface area contributed by atoms with E-state index >= 15 is 0 Å². The lowest BCUT2D eigenvalue weighted by atomic mass is 10.2. The lowest BCUT2D eigenvalue weighted by Gasteiger charge is -2.04. The fourth-order valence-corrected chi connectivity index (χ4v) is 3.46. The summed E-state index contributed by atoms with van der Waals surface area (Å²) in [5.41, 5.74) is 2.50. The number of nitrogens with one attached hydrogen (secondary N) is 1. The van der Waals surface area contributed by atoms with Gasteiger partial charge in [0.15, 0.2) is 11.6 Å². The zero-order chi connectivity index (χ0) is 18.0. The lowest BCUT2D eigenvalue weighted by molar-refractivity contribution is 0.102. The highest BCUT2D eigenvalue weighted by Crippen LogP contribution is 2.23. The van der Waals surface area contributed by atoms with Crippen LogP contribution in [0.5, 0.6) is 0 Å². The maximum atomic E-state index is 12.6. The normalized spacial score (nSPS) is 11.2. The van der Waals surface area contributed by atoms with Gasteiger partial charge in [-0.3, -0.25) is 14.5 Å². The zero-order valence-electron chi connectivity index (χ0n) is 14.8. The van der Waals surface area contributed by atoms with Crippen LogP contribution in [0.1, 0.15) is 46.7 Å². The highest BCUT2D eigenvalue weighted by molar-refractivity contribution is 7.99. The quantitative estimate of drug-likeness (QED) is 0.513. The fourth-order valence-electron chi connectivity index (χ4n) is 2.76. The van der Waals surface area contributed by atoms with E-state index in [9.17, 15) is 4.79 Å². The second kappa shape index (κ2) is 7.26. The molecule has 0 saturated carbocycles. The third-order valence-electron chi connectivity index (χ3n) is 3.91. The van der Waals surface area contributed by atoms with Crippen LogP contribution in [0.3, 0.4) is 0 Å². The number of aryl methyl sites for hydroxylation is 3. The number of hydrogen-bond donors (Lipinski definition) is 1. The van der Waals surface area contributed by atoms with E-state index in [2.05, 4.69) is 27.3 Å². The van der Waals surface area contributed by atoms with Crippen LogP contribution in [-0.4, -0.2) is 36.4 Å². The van der Waals surface area contributed by atoms with Crippen molar-refractivity contribution in [3.8, 4) is 5.82 Å². The van der Waals surface area contributed by atoms with E-state index in [0.29, 0.717) is 22.3 Å². The molecular formula is C17H21N5O2S. The van der Waals surface area contributed by atoms with Gasteiger partial charge in [-0.05, 0) is 33.3 Å². The van der Waals surface area contributed by atoms with Crippen LogP contribution in [0.15, 0.2) is 21.8 Å². The van der Waals surface area contributed by atoms with Gasteiger partial charge in [-0.1, -0.05) is 23.8 Å². The Morgan fingerprint density at radius 2 is 2.12 bits per heavy atom. The first-order valence-electron chi connectivity index (χ1n) is 8.19. The molecule has 3 aromatic rings. The van der Waals surface area contributed by atoms with Gasteiger partial charge in [-0.15, -0.1) is 5.10 Å². The van der Waals surface area contributed by atoms with Crippen LogP contribution >= 0.6 is 11.8 Å². The summed E-state index contributed by atoms with van der Waals surface area (Å²) in [7, 11) is 0. The molecule has 7 nitrogen and oxygen atoms in total. The maximum absolute atomic E-state index is 12.6. The molecule has 25 heavy (non-hydrogen) atoms. The third-order valence-corrected chi connectivity index (χ3v) is 4.75. The number of rotatable bonds is 7. The molecular weight excluding hydrogens is 338 g/mol. The Hall–Kier alpha value is -2.35. The summed E-state index contributed by atoms with van der Waals surface area (Å²) in [6.07, 6.45) is 1.87. The van der Waals surface area contributed by atoms with Crippen LogP contribution in [0.2, 0.25) is 0 Å². The highest BCUT2D eigenvalue weighted by Gasteiger charge is 2.19. The van der Waals surface area contributed by atoms with E-state index in [0.717, 1.165) is 35.8 Å². The number of ketones is 1. The van der Waals surface area contributed by atoms with Gasteiger partial charge >= 0.3 is 0 Å². The average molecular weight is 359 g/mol. The Morgan fingerprint density at radius 1 is 1.32 bits per heavy atom. The number of hydrogen-bond acceptors (Lipinski definition) is 6. The van der Waals surface area contributed by atoms with Gasteiger partial charge in [0, 0.05) is 29.4 Å². The Labute approximate surface area is 150 Å². The van der Waals surface area contributed by atoms with E-state index in [4.69, 9.17) is 4.52 Å². The minimum Gasteiger partial charge on any atom is -0.360 e. The number of nitrogens with zero attached hydrogens (tertiary/aromatic N) is 4. The molecule has 0 saturated heterocycles. The topological polar surface area (TPSA) is 89.6 Å². The van der Waals surface area contributed by atoms with Crippen molar-refractivity contribution in [1.29, 1.82) is 0 Å². The first-order chi connectivity index (χ1) is 12.0. The predicted octanol–water partition coefficient (Wildman–Crippen LogP) is 3.44. The van der Waals surface area contributed by atoms with Gasteiger partial charge in [-0.2, -0.15) is 0 Å². The van der Waals surface area contributed by atoms with Gasteiger partial charge in [0.1, 0.15) is 11.6 Å². The highest BCUT2D eigenvalue weighted by atomic mass is 32.2. The number of Topliss-reactive ketones (excluding diaryl/α,β-unsaturated/α-hetero) is 1. The lowest BCUT2D eigenvalue weighted by Crippen LogP contribution is -2.06. The molecule has 0 atom stereocenters. The van der Waals surface area contributed by atoms with Gasteiger partial charge in [0.05, 0.1) is 5.75 Å². The van der Waals surface area contributed by atoms with Gasteiger partial charge in [0.25, 0.3) is 0 Å². The molecule has 0 fully saturated rings. The van der Waals surface area contributed by atoms with Crippen LogP contribution < -0.4 is 0 Å². The molecule has 8 heteroatoms. The van der Waals surface area contributed by atoms with E-state index in [1.54, 1.807) is 0 Å². The molecule has 0 aliphatic heterocycles. The Kier molecular flexibility index (Phi) is 5.08. The SMILES string of the molecule is CCCc1nc(SCC(=O)c2cc(C)n(-c3cc(C)on3)c2C)n[nH]1. The van der Waals surface area contributed by atoms with Crippen LogP contribution in [0, 0.1) is 20.8 Å². The molecule has 0 amide bonds. The van der Waals surface area contributed by atoms with Crippen LogP contribution in [0.4, 0.5) is 0 Å². The van der Waals surface area contributed by atoms with Crippen molar-refractivity contribution < 1.29 is 9.32 Å². The molecule has 0 spiro atoms. The van der Waals surface area contributed by atoms with E-state index in [-0.39, 0.29) is 5.78 Å². The Morgan fingerprint density at radius 3 is 2.80 bits per heavy atom. The molecule has 3 aromatic heterocycles. The number of carbonyl (C=O) groups excluding carboxylic acids is 1. The number of thioether (sulfide) groups is 1. The van der Waals surface area contributed by atoms with Crippen molar-refractivity contribution in [2.45, 2.75) is 45.7 Å². The second-order valence-electron chi connectivity index (χ2n) is 5.94. The third kappa shape index (κ3) is 3.68. The summed E-state index contributed by atoms with van der Waals surface area (Å²) < 4.78 is 7.08. The van der Waals surface area contributed by atoms with E-state index < -0.39 is 0 Å². The van der Waals surface area contributed by atoms with Crippen molar-refractivity contribution >= 4 is 17.5 Å². The molecule has 3 rings (SSSR count). The molecule has 0 aliphatic rings. The number of aromatic amines is 1. The minimum atomic E-state index is 0.0476. The summed E-state index contributed by atoms with van der Waals surface area (Å²) >= 11 is 1.35. The molecule has 0 unspecified atom stereocenters. The van der Waals surface area contributed by atoms with Gasteiger partial charge < -0.3 is 4.52 Å². The Bertz CT molecular complexity index is 893. The first-order valence-corrected chi connectivity index (χ1v) is 9.18. The summed E-state index contributed by atoms with van der Waals surface area (Å²) in [4.78, 5) is 17.0. The monoisotopic (exact) mass is 359 g/mol. The summed E-state index contributed by atoms with van der Waals surface area (Å²) in [5, 5.41) is 11.7. The molecule has 3 heterocycles. The van der Waals surface area contributed by atoms with Crippen molar-refractivity contribution in [2.75, 3.05) is 5.75 Å². The standard InChI is InChI=1S/C17H21N5O2S/c1-5-6-15-18-17(20-19-15)25-9-14(23)13-7-10(2)22(12(13)4)16-8-11(3)24-21-16/h7-8H,5-6,9H2,1-4H3,(H,18,19,20). The summed E-state index contributed by atoms with van der Waals surface area (Å²) in [5.74, 6) is 2.63.